The van der Waals surface area contributed by atoms with Gasteiger partial charge in [0.25, 0.3) is 0 Å². The molecule has 2 unspecified atom stereocenters. The fourth-order valence-electron chi connectivity index (χ4n) is 1.91. The van der Waals surface area contributed by atoms with Crippen LogP contribution in [0.25, 0.3) is 0 Å². The number of aromatic nitrogens is 1. The molecule has 0 bridgehead atoms. The smallest absolute Gasteiger partial charge is 0.119 e. The van der Waals surface area contributed by atoms with E-state index < -0.39 is 6.17 Å². The number of rotatable bonds is 3. The Balaban J connectivity index is 1.90. The van der Waals surface area contributed by atoms with Crippen molar-refractivity contribution in [1.82, 2.24) is 10.3 Å². The normalized spacial score (nSPS) is 23.6. The first-order valence-electron chi connectivity index (χ1n) is 5.12. The molecule has 1 saturated heterocycles. The second-order valence-corrected chi connectivity index (χ2v) is 3.78. The summed E-state index contributed by atoms with van der Waals surface area (Å²) in [4.78, 5) is 3.91. The Morgan fingerprint density at radius 1 is 1.50 bits per heavy atom. The molecular formula is C11H15FN2. The summed E-state index contributed by atoms with van der Waals surface area (Å²) in [6.07, 6.45) is 5.22. The maximum atomic E-state index is 13.7. The second-order valence-electron chi connectivity index (χ2n) is 3.78. The van der Waals surface area contributed by atoms with Gasteiger partial charge >= 0.3 is 0 Å². The Labute approximate surface area is 83.6 Å². The predicted molar refractivity (Wildman–Crippen MR) is 53.9 cm³/mol. The van der Waals surface area contributed by atoms with Crippen molar-refractivity contribution in [2.24, 2.45) is 0 Å². The fourth-order valence-corrected chi connectivity index (χ4v) is 1.91. The van der Waals surface area contributed by atoms with Crippen molar-refractivity contribution in [2.45, 2.75) is 31.5 Å². The van der Waals surface area contributed by atoms with E-state index >= 15 is 0 Å². The van der Waals surface area contributed by atoms with E-state index in [1.165, 1.54) is 0 Å². The van der Waals surface area contributed by atoms with Crippen LogP contribution >= 0.6 is 0 Å². The first kappa shape index (κ1) is 9.59. The first-order valence-corrected chi connectivity index (χ1v) is 5.12. The molecule has 1 fully saturated rings. The fraction of sp³-hybridized carbons (Fsp3) is 0.545. The molecular weight excluding hydrogens is 179 g/mol. The zero-order chi connectivity index (χ0) is 9.80. The van der Waals surface area contributed by atoms with Gasteiger partial charge in [0.05, 0.1) is 0 Å². The van der Waals surface area contributed by atoms with Crippen LogP contribution in [0.4, 0.5) is 4.39 Å². The number of alkyl halides is 1. The van der Waals surface area contributed by atoms with Crippen LogP contribution in [0, 0.1) is 0 Å². The van der Waals surface area contributed by atoms with Crippen LogP contribution in [0.2, 0.25) is 0 Å². The minimum absolute atomic E-state index is 0.0585. The molecule has 0 amide bonds. The van der Waals surface area contributed by atoms with Crippen molar-refractivity contribution in [3.63, 3.8) is 0 Å². The third-order valence-corrected chi connectivity index (χ3v) is 2.72. The Hall–Kier alpha value is -0.960. The highest BCUT2D eigenvalue weighted by molar-refractivity contribution is 5.11. The molecule has 0 saturated carbocycles. The van der Waals surface area contributed by atoms with Crippen LogP contribution in [-0.4, -0.2) is 23.7 Å². The molecule has 3 heteroatoms. The van der Waals surface area contributed by atoms with Crippen molar-refractivity contribution >= 4 is 0 Å². The zero-order valence-electron chi connectivity index (χ0n) is 8.12. The summed E-state index contributed by atoms with van der Waals surface area (Å²) in [6, 6.07) is 3.81. The Kier molecular flexibility index (Phi) is 3.09. The van der Waals surface area contributed by atoms with E-state index in [0.29, 0.717) is 6.42 Å². The van der Waals surface area contributed by atoms with Crippen LogP contribution < -0.4 is 5.32 Å². The van der Waals surface area contributed by atoms with Gasteiger partial charge in [-0.25, -0.2) is 4.39 Å². The van der Waals surface area contributed by atoms with Crippen LogP contribution in [0.5, 0.6) is 0 Å². The second kappa shape index (κ2) is 4.51. The first-order chi connectivity index (χ1) is 6.86. The highest BCUT2D eigenvalue weighted by Crippen LogP contribution is 2.15. The predicted octanol–water partition coefficient (Wildman–Crippen LogP) is 1.71. The topological polar surface area (TPSA) is 24.9 Å². The molecule has 1 aromatic rings. The average molecular weight is 194 g/mol. The lowest BCUT2D eigenvalue weighted by Crippen LogP contribution is -2.33. The van der Waals surface area contributed by atoms with Crippen molar-refractivity contribution in [3.05, 3.63) is 30.1 Å². The van der Waals surface area contributed by atoms with E-state index in [1.807, 2.05) is 12.1 Å². The molecule has 1 aliphatic rings. The minimum atomic E-state index is -0.764. The van der Waals surface area contributed by atoms with Crippen LogP contribution in [-0.2, 0) is 6.42 Å². The van der Waals surface area contributed by atoms with Gasteiger partial charge in [-0.1, -0.05) is 0 Å². The van der Waals surface area contributed by atoms with Gasteiger partial charge in [0.1, 0.15) is 6.17 Å². The average Bonchev–Trinajstić information content (AvgIpc) is 2.72. The van der Waals surface area contributed by atoms with Crippen molar-refractivity contribution in [1.29, 1.82) is 0 Å². The molecule has 14 heavy (non-hydrogen) atoms. The number of hydrogen-bond donors (Lipinski definition) is 1. The van der Waals surface area contributed by atoms with Gasteiger partial charge in [-0.15, -0.1) is 0 Å². The lowest BCUT2D eigenvalue weighted by Gasteiger charge is -2.15. The Morgan fingerprint density at radius 2 is 2.29 bits per heavy atom. The van der Waals surface area contributed by atoms with E-state index in [-0.39, 0.29) is 6.04 Å². The number of nitrogens with one attached hydrogen (secondary N) is 1. The lowest BCUT2D eigenvalue weighted by molar-refractivity contribution is 0.263. The van der Waals surface area contributed by atoms with Gasteiger partial charge in [-0.3, -0.25) is 4.98 Å². The van der Waals surface area contributed by atoms with E-state index in [4.69, 9.17) is 0 Å². The van der Waals surface area contributed by atoms with Crippen molar-refractivity contribution < 1.29 is 4.39 Å². The molecule has 0 radical (unpaired) electrons. The highest BCUT2D eigenvalue weighted by Gasteiger charge is 2.23. The molecule has 1 aromatic heterocycles. The molecule has 2 atom stereocenters. The molecule has 1 aliphatic heterocycles. The van der Waals surface area contributed by atoms with Gasteiger partial charge in [-0.2, -0.15) is 0 Å². The van der Waals surface area contributed by atoms with E-state index in [0.717, 1.165) is 24.9 Å². The van der Waals surface area contributed by atoms with Gasteiger partial charge in [0, 0.05) is 24.9 Å². The summed E-state index contributed by atoms with van der Waals surface area (Å²) in [5, 5.41) is 3.19. The summed E-state index contributed by atoms with van der Waals surface area (Å²) >= 11 is 0. The number of halogens is 1. The molecule has 0 spiro atoms. The SMILES string of the molecule is FC(Cc1ccncc1)C1CCCN1. The standard InChI is InChI=1S/C11H15FN2/c12-10(11-2-1-5-14-11)8-9-3-6-13-7-4-9/h3-4,6-7,10-11,14H,1-2,5,8H2. The molecule has 2 heterocycles. The third kappa shape index (κ3) is 2.29. The number of hydrogen-bond acceptors (Lipinski definition) is 2. The number of nitrogens with zero attached hydrogens (tertiary/aromatic N) is 1. The summed E-state index contributed by atoms with van der Waals surface area (Å²) in [6.45, 7) is 0.960. The van der Waals surface area contributed by atoms with Crippen molar-refractivity contribution in [3.8, 4) is 0 Å². The van der Waals surface area contributed by atoms with E-state index in [1.54, 1.807) is 12.4 Å². The quantitative estimate of drug-likeness (QED) is 0.792. The maximum absolute atomic E-state index is 13.7. The molecule has 0 aromatic carbocycles. The van der Waals surface area contributed by atoms with Gasteiger partial charge in [-0.05, 0) is 37.1 Å². The molecule has 2 nitrogen and oxygen atoms in total. The van der Waals surface area contributed by atoms with Gasteiger partial charge in [0.15, 0.2) is 0 Å². The summed E-state index contributed by atoms with van der Waals surface area (Å²) in [7, 11) is 0. The molecule has 2 rings (SSSR count). The highest BCUT2D eigenvalue weighted by atomic mass is 19.1. The molecule has 0 aliphatic carbocycles. The van der Waals surface area contributed by atoms with Crippen molar-refractivity contribution in [2.75, 3.05) is 6.54 Å². The van der Waals surface area contributed by atoms with Gasteiger partial charge < -0.3 is 5.32 Å². The van der Waals surface area contributed by atoms with Crippen LogP contribution in [0.1, 0.15) is 18.4 Å². The Bertz CT molecular complexity index is 270. The monoisotopic (exact) mass is 194 g/mol. The lowest BCUT2D eigenvalue weighted by atomic mass is 10.0. The van der Waals surface area contributed by atoms with E-state index in [2.05, 4.69) is 10.3 Å². The largest absolute Gasteiger partial charge is 0.311 e. The summed E-state index contributed by atoms with van der Waals surface area (Å²) in [5.74, 6) is 0. The maximum Gasteiger partial charge on any atom is 0.119 e. The van der Waals surface area contributed by atoms with Crippen LogP contribution in [0.15, 0.2) is 24.5 Å². The van der Waals surface area contributed by atoms with Crippen LogP contribution in [0.3, 0.4) is 0 Å². The molecule has 1 N–H and O–H groups in total. The minimum Gasteiger partial charge on any atom is -0.311 e. The number of pyridine rings is 1. The zero-order valence-corrected chi connectivity index (χ0v) is 8.12. The van der Waals surface area contributed by atoms with E-state index in [9.17, 15) is 4.39 Å². The Morgan fingerprint density at radius 3 is 2.93 bits per heavy atom. The summed E-state index contributed by atoms with van der Waals surface area (Å²) in [5.41, 5.74) is 1.03. The summed E-state index contributed by atoms with van der Waals surface area (Å²) < 4.78 is 13.7. The van der Waals surface area contributed by atoms with Gasteiger partial charge in [0.2, 0.25) is 0 Å². The molecule has 76 valence electrons. The third-order valence-electron chi connectivity index (χ3n) is 2.72.